The molecular formula is C17H26N4O3. The lowest BCUT2D eigenvalue weighted by molar-refractivity contribution is -0.136. The molecule has 1 saturated heterocycles. The van der Waals surface area contributed by atoms with Gasteiger partial charge in [0.1, 0.15) is 6.04 Å². The van der Waals surface area contributed by atoms with E-state index in [0.717, 1.165) is 5.69 Å². The van der Waals surface area contributed by atoms with Crippen LogP contribution >= 0.6 is 0 Å². The van der Waals surface area contributed by atoms with E-state index >= 15 is 0 Å². The molecule has 0 aliphatic carbocycles. The SMILES string of the molecule is CCNC(=O)[C@@H]1C[C@H](NC(=O)CCc2cccn2C)CN1C(C)=O. The monoisotopic (exact) mass is 334 g/mol. The number of carbonyl (C=O) groups excluding carboxylic acids is 3. The standard InChI is InChI=1S/C17H26N4O3/c1-4-18-17(24)15-10-13(11-21(15)12(2)22)19-16(23)8-7-14-6-5-9-20(14)3/h5-6,9,13,15H,4,7-8,10-11H2,1-3H3,(H,18,24)(H,19,23)/t13-,15-/m0/s1. The van der Waals surface area contributed by atoms with Gasteiger partial charge in [0.05, 0.1) is 0 Å². The van der Waals surface area contributed by atoms with Gasteiger partial charge in [-0.2, -0.15) is 0 Å². The molecule has 0 bridgehead atoms. The average molecular weight is 334 g/mol. The highest BCUT2D eigenvalue weighted by Gasteiger charge is 2.38. The smallest absolute Gasteiger partial charge is 0.242 e. The molecule has 0 radical (unpaired) electrons. The summed E-state index contributed by atoms with van der Waals surface area (Å²) < 4.78 is 1.99. The summed E-state index contributed by atoms with van der Waals surface area (Å²) in [5, 5.41) is 5.70. The molecule has 2 heterocycles. The van der Waals surface area contributed by atoms with E-state index in [9.17, 15) is 14.4 Å². The first-order chi connectivity index (χ1) is 11.4. The number of aryl methyl sites for hydroxylation is 2. The van der Waals surface area contributed by atoms with Crippen LogP contribution in [0.25, 0.3) is 0 Å². The maximum atomic E-state index is 12.2. The van der Waals surface area contributed by atoms with Gasteiger partial charge >= 0.3 is 0 Å². The van der Waals surface area contributed by atoms with Gasteiger partial charge in [0.25, 0.3) is 0 Å². The number of amides is 3. The highest BCUT2D eigenvalue weighted by Crippen LogP contribution is 2.18. The van der Waals surface area contributed by atoms with Crippen molar-refractivity contribution < 1.29 is 14.4 Å². The molecule has 1 fully saturated rings. The summed E-state index contributed by atoms with van der Waals surface area (Å²) in [4.78, 5) is 37.5. The fourth-order valence-corrected chi connectivity index (χ4v) is 3.13. The molecule has 7 heteroatoms. The van der Waals surface area contributed by atoms with Gasteiger partial charge in [-0.05, 0) is 31.9 Å². The van der Waals surface area contributed by atoms with E-state index in [1.165, 1.54) is 11.8 Å². The summed E-state index contributed by atoms with van der Waals surface area (Å²) in [5.74, 6) is -0.360. The molecule has 0 spiro atoms. The van der Waals surface area contributed by atoms with Crippen molar-refractivity contribution in [1.29, 1.82) is 0 Å². The first kappa shape index (κ1) is 18.0. The zero-order valence-electron chi connectivity index (χ0n) is 14.5. The van der Waals surface area contributed by atoms with Crippen LogP contribution in [0.2, 0.25) is 0 Å². The maximum absolute atomic E-state index is 12.2. The number of nitrogens with one attached hydrogen (secondary N) is 2. The minimum absolute atomic E-state index is 0.0544. The molecule has 0 unspecified atom stereocenters. The first-order valence-corrected chi connectivity index (χ1v) is 8.36. The molecule has 2 atom stereocenters. The zero-order chi connectivity index (χ0) is 17.7. The third-order valence-corrected chi connectivity index (χ3v) is 4.38. The molecule has 3 amide bonds. The molecule has 0 saturated carbocycles. The van der Waals surface area contributed by atoms with Gasteiger partial charge in [0.15, 0.2) is 0 Å². The molecule has 1 aromatic rings. The lowest BCUT2D eigenvalue weighted by atomic mass is 10.1. The number of likely N-dealkylation sites (tertiary alicyclic amines) is 1. The second-order valence-electron chi connectivity index (χ2n) is 6.19. The number of hydrogen-bond donors (Lipinski definition) is 2. The minimum Gasteiger partial charge on any atom is -0.355 e. The fraction of sp³-hybridized carbons (Fsp3) is 0.588. The predicted octanol–water partition coefficient (Wildman–Crippen LogP) is 0.199. The van der Waals surface area contributed by atoms with E-state index in [2.05, 4.69) is 10.6 Å². The summed E-state index contributed by atoms with van der Waals surface area (Å²) >= 11 is 0. The molecule has 1 aliphatic heterocycles. The Hall–Kier alpha value is -2.31. The summed E-state index contributed by atoms with van der Waals surface area (Å²) in [7, 11) is 1.95. The Morgan fingerprint density at radius 3 is 2.67 bits per heavy atom. The zero-order valence-corrected chi connectivity index (χ0v) is 14.5. The minimum atomic E-state index is -0.499. The second-order valence-corrected chi connectivity index (χ2v) is 6.19. The van der Waals surface area contributed by atoms with Crippen LogP contribution in [0.15, 0.2) is 18.3 Å². The number of hydrogen-bond acceptors (Lipinski definition) is 3. The summed E-state index contributed by atoms with van der Waals surface area (Å²) in [5.41, 5.74) is 1.10. The second kappa shape index (κ2) is 7.99. The molecule has 2 N–H and O–H groups in total. The van der Waals surface area contributed by atoms with Crippen LogP contribution in [0.4, 0.5) is 0 Å². The van der Waals surface area contributed by atoms with E-state index in [1.54, 1.807) is 0 Å². The molecule has 2 rings (SSSR count). The van der Waals surface area contributed by atoms with Crippen LogP contribution in [0.5, 0.6) is 0 Å². The highest BCUT2D eigenvalue weighted by molar-refractivity contribution is 5.88. The van der Waals surface area contributed by atoms with E-state index in [-0.39, 0.29) is 23.8 Å². The van der Waals surface area contributed by atoms with Crippen LogP contribution in [0, 0.1) is 0 Å². The van der Waals surface area contributed by atoms with E-state index in [0.29, 0.717) is 32.4 Å². The molecule has 24 heavy (non-hydrogen) atoms. The Bertz CT molecular complexity index is 611. The van der Waals surface area contributed by atoms with Crippen LogP contribution in [-0.4, -0.2) is 52.4 Å². The molecule has 0 aromatic carbocycles. The highest BCUT2D eigenvalue weighted by atomic mass is 16.2. The Balaban J connectivity index is 1.88. The molecule has 1 aliphatic rings. The number of carbonyl (C=O) groups is 3. The van der Waals surface area contributed by atoms with Crippen molar-refractivity contribution in [1.82, 2.24) is 20.1 Å². The van der Waals surface area contributed by atoms with Crippen molar-refractivity contribution >= 4 is 17.7 Å². The quantitative estimate of drug-likeness (QED) is 0.779. The Labute approximate surface area is 142 Å². The van der Waals surface area contributed by atoms with Crippen molar-refractivity contribution in [3.63, 3.8) is 0 Å². The van der Waals surface area contributed by atoms with Crippen molar-refractivity contribution in [2.45, 2.75) is 45.2 Å². The van der Waals surface area contributed by atoms with Crippen LogP contribution in [0.3, 0.4) is 0 Å². The van der Waals surface area contributed by atoms with Crippen LogP contribution < -0.4 is 10.6 Å². The van der Waals surface area contributed by atoms with Gasteiger partial charge in [-0.3, -0.25) is 14.4 Å². The average Bonchev–Trinajstić information content (AvgIpc) is 3.12. The predicted molar refractivity (Wildman–Crippen MR) is 90.1 cm³/mol. The van der Waals surface area contributed by atoms with Gasteiger partial charge < -0.3 is 20.1 Å². The third-order valence-electron chi connectivity index (χ3n) is 4.38. The third kappa shape index (κ3) is 4.37. The summed E-state index contributed by atoms with van der Waals surface area (Å²) in [6.07, 6.45) is 3.46. The van der Waals surface area contributed by atoms with Crippen LogP contribution in [0.1, 0.15) is 32.4 Å². The van der Waals surface area contributed by atoms with Crippen molar-refractivity contribution in [3.8, 4) is 0 Å². The van der Waals surface area contributed by atoms with Gasteiger partial charge in [-0.15, -0.1) is 0 Å². The lowest BCUT2D eigenvalue weighted by Crippen LogP contribution is -2.45. The first-order valence-electron chi connectivity index (χ1n) is 8.36. The molecule has 1 aromatic heterocycles. The molecule has 7 nitrogen and oxygen atoms in total. The number of likely N-dealkylation sites (N-methyl/N-ethyl adjacent to an activating group) is 1. The maximum Gasteiger partial charge on any atom is 0.242 e. The van der Waals surface area contributed by atoms with Gasteiger partial charge in [-0.1, -0.05) is 0 Å². The van der Waals surface area contributed by atoms with E-state index in [4.69, 9.17) is 0 Å². The van der Waals surface area contributed by atoms with Gasteiger partial charge in [0.2, 0.25) is 17.7 Å². The summed E-state index contributed by atoms with van der Waals surface area (Å²) in [6.45, 7) is 4.20. The summed E-state index contributed by atoms with van der Waals surface area (Å²) in [6, 6.07) is 3.26. The Kier molecular flexibility index (Phi) is 6.00. The molecular weight excluding hydrogens is 308 g/mol. The number of aromatic nitrogens is 1. The van der Waals surface area contributed by atoms with Crippen molar-refractivity contribution in [2.75, 3.05) is 13.1 Å². The van der Waals surface area contributed by atoms with Crippen LogP contribution in [-0.2, 0) is 27.9 Å². The van der Waals surface area contributed by atoms with E-state index < -0.39 is 6.04 Å². The molecule has 132 valence electrons. The number of nitrogens with zero attached hydrogens (tertiary/aromatic N) is 2. The van der Waals surface area contributed by atoms with E-state index in [1.807, 2.05) is 36.9 Å². The largest absolute Gasteiger partial charge is 0.355 e. The van der Waals surface area contributed by atoms with Gasteiger partial charge in [0, 0.05) is 51.4 Å². The fourth-order valence-electron chi connectivity index (χ4n) is 3.13. The van der Waals surface area contributed by atoms with Crippen molar-refractivity contribution in [2.24, 2.45) is 7.05 Å². The topological polar surface area (TPSA) is 83.4 Å². The number of rotatable bonds is 6. The Morgan fingerprint density at radius 2 is 2.08 bits per heavy atom. The van der Waals surface area contributed by atoms with Crippen molar-refractivity contribution in [3.05, 3.63) is 24.0 Å². The van der Waals surface area contributed by atoms with Gasteiger partial charge in [-0.25, -0.2) is 0 Å². The Morgan fingerprint density at radius 1 is 1.33 bits per heavy atom. The normalized spacial score (nSPS) is 20.0. The lowest BCUT2D eigenvalue weighted by Gasteiger charge is -2.21.